The van der Waals surface area contributed by atoms with Crippen LogP contribution in [0.5, 0.6) is 11.5 Å². The molecule has 2 aliphatic heterocycles. The number of phenols is 2. The third-order valence-corrected chi connectivity index (χ3v) is 5.71. The van der Waals surface area contributed by atoms with Gasteiger partial charge in [0.25, 0.3) is 10.2 Å². The van der Waals surface area contributed by atoms with E-state index in [9.17, 15) is 18.6 Å². The van der Waals surface area contributed by atoms with Crippen LogP contribution >= 0.6 is 0 Å². The summed E-state index contributed by atoms with van der Waals surface area (Å²) in [6, 6.07) is 4.03. The highest BCUT2D eigenvalue weighted by Gasteiger charge is 2.42. The van der Waals surface area contributed by atoms with Crippen LogP contribution in [0.4, 0.5) is 0 Å². The first-order valence-corrected chi connectivity index (χ1v) is 8.88. The fourth-order valence-corrected chi connectivity index (χ4v) is 4.00. The van der Waals surface area contributed by atoms with E-state index in [2.05, 4.69) is 4.72 Å². The Kier molecular flexibility index (Phi) is 4.47. The number of rotatable bonds is 4. The smallest absolute Gasteiger partial charge is 0.279 e. The summed E-state index contributed by atoms with van der Waals surface area (Å²) in [6.07, 6.45) is 0.997. The minimum Gasteiger partial charge on any atom is -0.508 e. The largest absolute Gasteiger partial charge is 0.508 e. The Hall–Kier alpha value is -1.39. The van der Waals surface area contributed by atoms with Crippen LogP contribution in [-0.4, -0.2) is 55.0 Å². The summed E-state index contributed by atoms with van der Waals surface area (Å²) in [6.45, 7) is 1.67. The van der Waals surface area contributed by atoms with Gasteiger partial charge in [-0.15, -0.1) is 0 Å². The highest BCUT2D eigenvalue weighted by Crippen LogP contribution is 2.32. The number of hydrogen-bond acceptors (Lipinski definition) is 6. The first-order valence-electron chi connectivity index (χ1n) is 7.44. The van der Waals surface area contributed by atoms with Crippen LogP contribution in [0.2, 0.25) is 0 Å². The van der Waals surface area contributed by atoms with Crippen molar-refractivity contribution in [2.24, 2.45) is 0 Å². The van der Waals surface area contributed by atoms with E-state index in [1.165, 1.54) is 22.5 Å². The molecule has 1 spiro atoms. The molecular formula is C14H20N2O6S. The third-order valence-electron chi connectivity index (χ3n) is 4.15. The van der Waals surface area contributed by atoms with E-state index in [0.717, 1.165) is 0 Å². The van der Waals surface area contributed by atoms with Crippen LogP contribution < -0.4 is 4.72 Å². The Morgan fingerprint density at radius 3 is 2.43 bits per heavy atom. The van der Waals surface area contributed by atoms with Crippen LogP contribution in [0.15, 0.2) is 18.2 Å². The lowest BCUT2D eigenvalue weighted by molar-refractivity contribution is -0.179. The summed E-state index contributed by atoms with van der Waals surface area (Å²) in [7, 11) is -3.66. The molecule has 9 heteroatoms. The summed E-state index contributed by atoms with van der Waals surface area (Å²) in [5, 5.41) is 18.9. The molecule has 0 aromatic heterocycles. The van der Waals surface area contributed by atoms with Gasteiger partial charge in [0.1, 0.15) is 11.5 Å². The van der Waals surface area contributed by atoms with Crippen molar-refractivity contribution in [2.45, 2.75) is 25.2 Å². The fourth-order valence-electron chi connectivity index (χ4n) is 2.81. The lowest BCUT2D eigenvalue weighted by atomic mass is 10.1. The second-order valence-corrected chi connectivity index (χ2v) is 7.40. The quantitative estimate of drug-likeness (QED) is 0.724. The van der Waals surface area contributed by atoms with Crippen molar-refractivity contribution in [3.05, 3.63) is 23.8 Å². The molecule has 3 N–H and O–H groups in total. The zero-order valence-electron chi connectivity index (χ0n) is 12.6. The summed E-state index contributed by atoms with van der Waals surface area (Å²) in [4.78, 5) is 0. The molecule has 3 rings (SSSR count). The molecule has 8 nitrogen and oxygen atoms in total. The lowest BCUT2D eigenvalue weighted by Crippen LogP contribution is -2.50. The van der Waals surface area contributed by atoms with Gasteiger partial charge in [0.15, 0.2) is 5.79 Å². The van der Waals surface area contributed by atoms with Crippen molar-refractivity contribution in [3.63, 3.8) is 0 Å². The van der Waals surface area contributed by atoms with Crippen molar-refractivity contribution in [2.75, 3.05) is 26.3 Å². The van der Waals surface area contributed by atoms with Crippen LogP contribution in [-0.2, 0) is 26.2 Å². The number of hydrogen-bond donors (Lipinski definition) is 3. The summed E-state index contributed by atoms with van der Waals surface area (Å²) >= 11 is 0. The molecule has 0 aliphatic carbocycles. The molecule has 2 heterocycles. The molecule has 0 radical (unpaired) electrons. The highest BCUT2D eigenvalue weighted by molar-refractivity contribution is 7.87. The van der Waals surface area contributed by atoms with Gasteiger partial charge in [-0.2, -0.15) is 17.4 Å². The Morgan fingerprint density at radius 2 is 1.83 bits per heavy atom. The molecule has 0 amide bonds. The molecule has 1 aromatic carbocycles. The third kappa shape index (κ3) is 3.59. The zero-order chi connectivity index (χ0) is 16.5. The maximum Gasteiger partial charge on any atom is 0.279 e. The number of benzene rings is 1. The number of nitrogens with one attached hydrogen (secondary N) is 1. The topological polar surface area (TPSA) is 108 Å². The minimum atomic E-state index is -3.66. The molecule has 2 fully saturated rings. The average molecular weight is 344 g/mol. The van der Waals surface area contributed by atoms with Gasteiger partial charge < -0.3 is 19.7 Å². The molecule has 0 atom stereocenters. The van der Waals surface area contributed by atoms with Crippen molar-refractivity contribution < 1.29 is 28.1 Å². The maximum atomic E-state index is 12.3. The monoisotopic (exact) mass is 344 g/mol. The first kappa shape index (κ1) is 16.5. The lowest BCUT2D eigenvalue weighted by Gasteiger charge is -2.36. The number of phenolic OH excluding ortho intramolecular Hbond substituents is 2. The van der Waals surface area contributed by atoms with Crippen molar-refractivity contribution in [3.8, 4) is 11.5 Å². The maximum absolute atomic E-state index is 12.3. The Balaban J connectivity index is 1.59. The van der Waals surface area contributed by atoms with Crippen molar-refractivity contribution in [1.82, 2.24) is 9.03 Å². The second kappa shape index (κ2) is 6.25. The van der Waals surface area contributed by atoms with Crippen LogP contribution in [0.3, 0.4) is 0 Å². The van der Waals surface area contributed by atoms with Gasteiger partial charge in [-0.05, 0) is 6.07 Å². The number of ether oxygens (including phenoxy) is 2. The van der Waals surface area contributed by atoms with E-state index < -0.39 is 16.0 Å². The molecule has 128 valence electrons. The van der Waals surface area contributed by atoms with Gasteiger partial charge in [-0.1, -0.05) is 6.07 Å². The van der Waals surface area contributed by atoms with Crippen molar-refractivity contribution >= 4 is 10.2 Å². The minimum absolute atomic E-state index is 0.0525. The second-order valence-electron chi connectivity index (χ2n) is 5.65. The SMILES string of the molecule is O=S(=O)(NCc1ccc(O)cc1O)N1CCC2(CC1)OCCO2. The Labute approximate surface area is 134 Å². The van der Waals surface area contributed by atoms with Gasteiger partial charge in [0.05, 0.1) is 13.2 Å². The summed E-state index contributed by atoms with van der Waals surface area (Å²) in [5.41, 5.74) is 0.391. The molecule has 2 saturated heterocycles. The standard InChI is InChI=1S/C14H20N2O6S/c17-12-2-1-11(13(18)9-12)10-15-23(19,20)16-5-3-14(4-6-16)21-7-8-22-14/h1-2,9,15,17-18H,3-8,10H2. The number of nitrogens with zero attached hydrogens (tertiary/aromatic N) is 1. The molecule has 0 unspecified atom stereocenters. The number of aromatic hydroxyl groups is 2. The normalized spacial score (nSPS) is 21.7. The highest BCUT2D eigenvalue weighted by atomic mass is 32.2. The number of piperidine rings is 1. The van der Waals surface area contributed by atoms with Gasteiger partial charge in [-0.25, -0.2) is 0 Å². The summed E-state index contributed by atoms with van der Waals surface area (Å²) in [5.74, 6) is -0.855. The molecule has 23 heavy (non-hydrogen) atoms. The Bertz CT molecular complexity index is 662. The first-order chi connectivity index (χ1) is 10.9. The summed E-state index contributed by atoms with van der Waals surface area (Å²) < 4.78 is 39.6. The molecule has 2 aliphatic rings. The predicted molar refractivity (Wildman–Crippen MR) is 81.0 cm³/mol. The fraction of sp³-hybridized carbons (Fsp3) is 0.571. The van der Waals surface area contributed by atoms with Gasteiger partial charge >= 0.3 is 0 Å². The van der Waals surface area contributed by atoms with E-state index in [0.29, 0.717) is 44.7 Å². The molecular weight excluding hydrogens is 324 g/mol. The van der Waals surface area contributed by atoms with E-state index in [4.69, 9.17) is 9.47 Å². The van der Waals surface area contributed by atoms with Crippen LogP contribution in [0.1, 0.15) is 18.4 Å². The average Bonchev–Trinajstić information content (AvgIpc) is 2.95. The molecule has 0 saturated carbocycles. The van der Waals surface area contributed by atoms with E-state index in [1.807, 2.05) is 0 Å². The van der Waals surface area contributed by atoms with E-state index in [-0.39, 0.29) is 18.0 Å². The predicted octanol–water partition coefficient (Wildman–Crippen LogP) is 0.271. The molecule has 1 aromatic rings. The van der Waals surface area contributed by atoms with Gasteiger partial charge in [0.2, 0.25) is 0 Å². The van der Waals surface area contributed by atoms with Crippen molar-refractivity contribution in [1.29, 1.82) is 0 Å². The zero-order valence-corrected chi connectivity index (χ0v) is 13.4. The van der Waals surface area contributed by atoms with E-state index in [1.54, 1.807) is 0 Å². The van der Waals surface area contributed by atoms with Gasteiger partial charge in [0, 0.05) is 44.1 Å². The van der Waals surface area contributed by atoms with E-state index >= 15 is 0 Å². The van der Waals surface area contributed by atoms with Crippen LogP contribution in [0.25, 0.3) is 0 Å². The van der Waals surface area contributed by atoms with Crippen LogP contribution in [0, 0.1) is 0 Å². The Morgan fingerprint density at radius 1 is 1.17 bits per heavy atom. The van der Waals surface area contributed by atoms with Gasteiger partial charge in [-0.3, -0.25) is 0 Å². The molecule has 0 bridgehead atoms.